The van der Waals surface area contributed by atoms with Crippen molar-refractivity contribution in [2.24, 2.45) is 0 Å². The van der Waals surface area contributed by atoms with Crippen LogP contribution in [0.25, 0.3) is 0 Å². The summed E-state index contributed by atoms with van der Waals surface area (Å²) in [5, 5.41) is 0. The van der Waals surface area contributed by atoms with Crippen molar-refractivity contribution in [1.82, 2.24) is 9.97 Å². The Morgan fingerprint density at radius 2 is 1.85 bits per heavy atom. The summed E-state index contributed by atoms with van der Waals surface area (Å²) >= 11 is 0. The number of aromatic nitrogens is 2. The van der Waals surface area contributed by atoms with Crippen LogP contribution >= 0.6 is 0 Å². The second-order valence-corrected chi connectivity index (χ2v) is 4.88. The summed E-state index contributed by atoms with van der Waals surface area (Å²) in [5.41, 5.74) is 1.79. The minimum atomic E-state index is -0.617. The van der Waals surface area contributed by atoms with E-state index in [2.05, 4.69) is 9.97 Å². The van der Waals surface area contributed by atoms with E-state index in [1.165, 1.54) is 18.3 Å². The third kappa shape index (κ3) is 2.57. The van der Waals surface area contributed by atoms with Crippen LogP contribution in [-0.4, -0.2) is 15.8 Å². The van der Waals surface area contributed by atoms with E-state index in [1.54, 1.807) is 0 Å². The molecule has 1 aromatic heterocycles. The lowest BCUT2D eigenvalue weighted by molar-refractivity contribution is 0.0971. The van der Waals surface area contributed by atoms with Gasteiger partial charge in [0.2, 0.25) is 0 Å². The van der Waals surface area contributed by atoms with Gasteiger partial charge in [0.25, 0.3) is 0 Å². The van der Waals surface area contributed by atoms with Crippen molar-refractivity contribution in [3.63, 3.8) is 0 Å². The second kappa shape index (κ2) is 5.07. The summed E-state index contributed by atoms with van der Waals surface area (Å²) < 4.78 is 26.3. The molecule has 0 atom stereocenters. The minimum Gasteiger partial charge on any atom is -0.294 e. The molecule has 0 amide bonds. The van der Waals surface area contributed by atoms with Crippen LogP contribution in [0.4, 0.5) is 8.78 Å². The molecule has 0 N–H and O–H groups in total. The third-order valence-electron chi connectivity index (χ3n) is 3.32. The van der Waals surface area contributed by atoms with Gasteiger partial charge in [-0.1, -0.05) is 0 Å². The molecule has 0 spiro atoms. The molecule has 1 aromatic carbocycles. The van der Waals surface area contributed by atoms with Crippen molar-refractivity contribution in [2.45, 2.75) is 25.7 Å². The van der Waals surface area contributed by atoms with Crippen LogP contribution in [0.3, 0.4) is 0 Å². The molecule has 3 rings (SSSR count). The molecule has 0 bridgehead atoms. The summed E-state index contributed by atoms with van der Waals surface area (Å²) in [6.07, 6.45) is 3.83. The Hall–Kier alpha value is -2.17. The molecular formula is C15H12F2N2O. The van der Waals surface area contributed by atoms with Gasteiger partial charge in [0.15, 0.2) is 5.78 Å². The smallest absolute Gasteiger partial charge is 0.166 e. The second-order valence-electron chi connectivity index (χ2n) is 4.88. The predicted molar refractivity (Wildman–Crippen MR) is 68.5 cm³/mol. The lowest BCUT2D eigenvalue weighted by Crippen LogP contribution is -2.15. The topological polar surface area (TPSA) is 42.9 Å². The van der Waals surface area contributed by atoms with E-state index >= 15 is 0 Å². The number of benzene rings is 1. The summed E-state index contributed by atoms with van der Waals surface area (Å²) in [5.74, 6) is -0.695. The maximum Gasteiger partial charge on any atom is 0.166 e. The average molecular weight is 274 g/mol. The van der Waals surface area contributed by atoms with Crippen molar-refractivity contribution in [3.8, 4) is 0 Å². The first-order valence-corrected chi connectivity index (χ1v) is 6.45. The molecule has 0 radical (unpaired) electrons. The Bertz CT molecular complexity index is 665. The van der Waals surface area contributed by atoms with Gasteiger partial charge in [-0.3, -0.25) is 4.79 Å². The number of rotatable bonds is 2. The monoisotopic (exact) mass is 274 g/mol. The number of aryl methyl sites for hydroxylation is 1. The third-order valence-corrected chi connectivity index (χ3v) is 3.32. The SMILES string of the molecule is O=C1CCCc2nc(Cc3cc(F)cc(F)c3)ncc21. The van der Waals surface area contributed by atoms with Crippen LogP contribution in [0.1, 0.15) is 40.3 Å². The lowest BCUT2D eigenvalue weighted by atomic mass is 9.96. The number of Topliss-reactive ketones (excluding diaryl/α,β-unsaturated/α-hetero) is 1. The first kappa shape index (κ1) is 12.8. The molecule has 1 aliphatic carbocycles. The molecule has 0 aliphatic heterocycles. The molecule has 102 valence electrons. The van der Waals surface area contributed by atoms with E-state index < -0.39 is 11.6 Å². The van der Waals surface area contributed by atoms with Crippen LogP contribution in [0.5, 0.6) is 0 Å². The highest BCUT2D eigenvalue weighted by atomic mass is 19.1. The highest BCUT2D eigenvalue weighted by molar-refractivity contribution is 5.97. The zero-order valence-electron chi connectivity index (χ0n) is 10.7. The van der Waals surface area contributed by atoms with Crippen molar-refractivity contribution in [3.05, 3.63) is 58.7 Å². The first-order chi connectivity index (χ1) is 9.61. The molecule has 5 heteroatoms. The van der Waals surface area contributed by atoms with E-state index in [9.17, 15) is 13.6 Å². The van der Waals surface area contributed by atoms with E-state index in [4.69, 9.17) is 0 Å². The zero-order valence-corrected chi connectivity index (χ0v) is 10.7. The molecular weight excluding hydrogens is 262 g/mol. The van der Waals surface area contributed by atoms with Crippen LogP contribution in [0.2, 0.25) is 0 Å². The Kier molecular flexibility index (Phi) is 3.26. The van der Waals surface area contributed by atoms with Gasteiger partial charge in [-0.2, -0.15) is 0 Å². The predicted octanol–water partition coefficient (Wildman–Crippen LogP) is 2.86. The van der Waals surface area contributed by atoms with Gasteiger partial charge in [-0.25, -0.2) is 18.7 Å². The summed E-state index contributed by atoms with van der Waals surface area (Å²) in [6, 6.07) is 3.35. The number of fused-ring (bicyclic) bond motifs is 1. The maximum atomic E-state index is 13.1. The molecule has 0 saturated carbocycles. The normalized spacial score (nSPS) is 14.2. The Morgan fingerprint density at radius 1 is 1.10 bits per heavy atom. The molecule has 1 heterocycles. The van der Waals surface area contributed by atoms with Crippen molar-refractivity contribution in [1.29, 1.82) is 0 Å². The van der Waals surface area contributed by atoms with Gasteiger partial charge in [-0.15, -0.1) is 0 Å². The fourth-order valence-electron chi connectivity index (χ4n) is 2.41. The number of carbonyl (C=O) groups is 1. The average Bonchev–Trinajstić information content (AvgIpc) is 2.37. The van der Waals surface area contributed by atoms with Gasteiger partial charge < -0.3 is 0 Å². The van der Waals surface area contributed by atoms with Crippen molar-refractivity contribution in [2.75, 3.05) is 0 Å². The number of ketones is 1. The standard InChI is InChI=1S/C15H12F2N2O/c16-10-4-9(5-11(17)7-10)6-15-18-8-12-13(19-15)2-1-3-14(12)20/h4-5,7-8H,1-3,6H2. The fourth-order valence-corrected chi connectivity index (χ4v) is 2.41. The Morgan fingerprint density at radius 3 is 2.60 bits per heavy atom. The van der Waals surface area contributed by atoms with Crippen molar-refractivity contribution >= 4 is 5.78 Å². The molecule has 3 nitrogen and oxygen atoms in total. The molecule has 0 saturated heterocycles. The molecule has 1 aliphatic rings. The Labute approximate surface area is 114 Å². The van der Waals surface area contributed by atoms with Crippen LogP contribution in [0, 0.1) is 11.6 Å². The molecule has 2 aromatic rings. The van der Waals surface area contributed by atoms with Gasteiger partial charge in [0.05, 0.1) is 11.3 Å². The largest absolute Gasteiger partial charge is 0.294 e. The van der Waals surface area contributed by atoms with Crippen LogP contribution in [-0.2, 0) is 12.8 Å². The van der Waals surface area contributed by atoms with E-state index in [1.807, 2.05) is 0 Å². The quantitative estimate of drug-likeness (QED) is 0.845. The molecule has 0 unspecified atom stereocenters. The summed E-state index contributed by atoms with van der Waals surface area (Å²) in [7, 11) is 0. The van der Waals surface area contributed by atoms with Gasteiger partial charge >= 0.3 is 0 Å². The zero-order chi connectivity index (χ0) is 14.1. The van der Waals surface area contributed by atoms with Crippen molar-refractivity contribution < 1.29 is 13.6 Å². The van der Waals surface area contributed by atoms with E-state index in [-0.39, 0.29) is 12.2 Å². The Balaban J connectivity index is 1.90. The van der Waals surface area contributed by atoms with Gasteiger partial charge in [-0.05, 0) is 30.5 Å². The van der Waals surface area contributed by atoms with Gasteiger partial charge in [0, 0.05) is 25.1 Å². The van der Waals surface area contributed by atoms with Crippen LogP contribution < -0.4 is 0 Å². The number of hydrogen-bond acceptors (Lipinski definition) is 3. The summed E-state index contributed by atoms with van der Waals surface area (Å²) in [6.45, 7) is 0. The van der Waals surface area contributed by atoms with E-state index in [0.717, 1.165) is 24.6 Å². The number of halogens is 2. The number of hydrogen-bond donors (Lipinski definition) is 0. The summed E-state index contributed by atoms with van der Waals surface area (Å²) in [4.78, 5) is 20.1. The highest BCUT2D eigenvalue weighted by Crippen LogP contribution is 2.19. The fraction of sp³-hybridized carbons (Fsp3) is 0.267. The molecule has 0 fully saturated rings. The number of nitrogens with zero attached hydrogens (tertiary/aromatic N) is 2. The van der Waals surface area contributed by atoms with Crippen LogP contribution in [0.15, 0.2) is 24.4 Å². The number of carbonyl (C=O) groups excluding carboxylic acids is 1. The highest BCUT2D eigenvalue weighted by Gasteiger charge is 2.19. The molecule has 20 heavy (non-hydrogen) atoms. The minimum absolute atomic E-state index is 0.0644. The lowest BCUT2D eigenvalue weighted by Gasteiger charge is -2.13. The van der Waals surface area contributed by atoms with E-state index in [0.29, 0.717) is 23.4 Å². The maximum absolute atomic E-state index is 13.1. The first-order valence-electron chi connectivity index (χ1n) is 6.45. The van der Waals surface area contributed by atoms with Gasteiger partial charge in [0.1, 0.15) is 17.5 Å².